The summed E-state index contributed by atoms with van der Waals surface area (Å²) in [6.07, 6.45) is 32.5. The maximum atomic E-state index is 12.2. The predicted octanol–water partition coefficient (Wildman–Crippen LogP) is 10.2. The van der Waals surface area contributed by atoms with Crippen LogP contribution in [0, 0.1) is 22.7 Å². The predicted molar refractivity (Wildman–Crippen MR) is 384 cm³/mol. The second-order valence-electron chi connectivity index (χ2n) is 27.9. The Kier molecular flexibility index (Phi) is 29.0. The number of alkyl carbamates (subject to hydrolysis) is 2. The highest BCUT2D eigenvalue weighted by Crippen LogP contribution is 2.37. The summed E-state index contributed by atoms with van der Waals surface area (Å²) in [4.78, 5) is 73.7. The van der Waals surface area contributed by atoms with Crippen molar-refractivity contribution in [3.05, 3.63) is 229 Å². The van der Waals surface area contributed by atoms with Crippen LogP contribution in [-0.2, 0) is 57.2 Å². The highest BCUT2D eigenvalue weighted by atomic mass is 16.6. The third-order valence-corrected chi connectivity index (χ3v) is 18.4. The minimum absolute atomic E-state index is 0.00144. The number of piperidine rings is 4. The number of rotatable bonds is 16. The van der Waals surface area contributed by atoms with E-state index in [-0.39, 0.29) is 28.4 Å². The third-order valence-electron chi connectivity index (χ3n) is 18.4. The molecular weight excluding hydrogens is 1250 g/mol. The van der Waals surface area contributed by atoms with Crippen LogP contribution in [0.5, 0.6) is 0 Å². The van der Waals surface area contributed by atoms with E-state index in [1.165, 1.54) is 16.7 Å². The lowest BCUT2D eigenvalue weighted by Gasteiger charge is -2.41. The van der Waals surface area contributed by atoms with E-state index in [9.17, 15) is 14.9 Å². The lowest BCUT2D eigenvalue weighted by molar-refractivity contribution is 0.0489. The summed E-state index contributed by atoms with van der Waals surface area (Å²) in [5.74, 6) is 0. The summed E-state index contributed by atoms with van der Waals surface area (Å²) in [5, 5.41) is 27.0. The van der Waals surface area contributed by atoms with E-state index in [1.54, 1.807) is 80.6 Å². The van der Waals surface area contributed by atoms with E-state index in [4.69, 9.17) is 20.5 Å². The van der Waals surface area contributed by atoms with Crippen molar-refractivity contribution in [3.8, 4) is 12.1 Å². The molecule has 0 aliphatic carbocycles. The molecule has 3 aromatic carbocycles. The largest absolute Gasteiger partial charge is 0.444 e. The van der Waals surface area contributed by atoms with Gasteiger partial charge in [0.05, 0.1) is 53.2 Å². The number of aromatic nitrogens is 10. The quantitative estimate of drug-likeness (QED) is 0.0699. The normalized spacial score (nSPS) is 17.0. The first-order valence-electron chi connectivity index (χ1n) is 34.6. The first kappa shape index (κ1) is 76.1. The van der Waals surface area contributed by atoms with Crippen LogP contribution >= 0.6 is 0 Å². The van der Waals surface area contributed by atoms with Gasteiger partial charge in [0.15, 0.2) is 0 Å². The molecule has 5 aromatic heterocycles. The van der Waals surface area contributed by atoms with Crippen LogP contribution in [0.1, 0.15) is 138 Å². The molecule has 8 aromatic rings. The Morgan fingerprint density at radius 1 is 0.470 bits per heavy atom. The Labute approximate surface area is 590 Å². The van der Waals surface area contributed by atoms with Crippen LogP contribution in [0.25, 0.3) is 0 Å². The molecule has 100 heavy (non-hydrogen) atoms. The van der Waals surface area contributed by atoms with Gasteiger partial charge in [-0.3, -0.25) is 64.5 Å². The molecule has 0 atom stereocenters. The van der Waals surface area contributed by atoms with Gasteiger partial charge in [-0.05, 0) is 149 Å². The number of benzene rings is 3. The molecule has 0 saturated carbocycles. The summed E-state index contributed by atoms with van der Waals surface area (Å²) in [5.41, 5.74) is 12.7. The van der Waals surface area contributed by atoms with E-state index in [0.29, 0.717) is 26.1 Å². The number of nitrogens with one attached hydrogen (secondary N) is 3. The molecule has 4 aliphatic heterocycles. The van der Waals surface area contributed by atoms with E-state index in [2.05, 4.69) is 165 Å². The summed E-state index contributed by atoms with van der Waals surface area (Å²) in [6.45, 7) is 23.4. The smallest absolute Gasteiger partial charge is 0.407 e. The van der Waals surface area contributed by atoms with Crippen LogP contribution in [0.15, 0.2) is 184 Å². The highest BCUT2D eigenvalue weighted by Gasteiger charge is 2.41. The van der Waals surface area contributed by atoms with E-state index >= 15 is 0 Å². The number of nitrogens with two attached hydrogens (primary N) is 1. The molecule has 0 spiro atoms. The van der Waals surface area contributed by atoms with Crippen LogP contribution in [0.3, 0.4) is 0 Å². The van der Waals surface area contributed by atoms with Gasteiger partial charge in [-0.2, -0.15) is 10.5 Å². The molecule has 9 heterocycles. The zero-order valence-corrected chi connectivity index (χ0v) is 59.0. The molecule has 2 amide bonds. The fourth-order valence-electron chi connectivity index (χ4n) is 12.7. The van der Waals surface area contributed by atoms with Crippen LogP contribution < -0.4 is 21.7 Å². The van der Waals surface area contributed by atoms with Crippen molar-refractivity contribution in [1.29, 1.82) is 10.5 Å². The van der Waals surface area contributed by atoms with E-state index < -0.39 is 16.6 Å². The fourth-order valence-corrected chi connectivity index (χ4v) is 12.7. The van der Waals surface area contributed by atoms with Gasteiger partial charge in [-0.25, -0.2) is 9.59 Å². The molecule has 526 valence electrons. The average molecular weight is 1350 g/mol. The summed E-state index contributed by atoms with van der Waals surface area (Å²) in [6, 6.07) is 36.1. The van der Waals surface area contributed by atoms with Crippen molar-refractivity contribution in [2.24, 2.45) is 5.73 Å². The number of hydrogen-bond donors (Lipinski definition) is 4. The zero-order chi connectivity index (χ0) is 71.0. The summed E-state index contributed by atoms with van der Waals surface area (Å²) in [7, 11) is 0. The Hall–Kier alpha value is -9.62. The van der Waals surface area contributed by atoms with Crippen LogP contribution in [0.4, 0.5) is 9.59 Å². The minimum Gasteiger partial charge on any atom is -0.444 e. The van der Waals surface area contributed by atoms with Crippen LogP contribution in [-0.4, -0.2) is 160 Å². The average Bonchev–Trinajstić information content (AvgIpc) is 0.817. The molecule has 0 radical (unpaired) electrons. The molecule has 4 saturated heterocycles. The number of ether oxygens (including phenoxy) is 2. The topological polar surface area (TPSA) is 301 Å². The summed E-state index contributed by atoms with van der Waals surface area (Å²) >= 11 is 0. The van der Waals surface area contributed by atoms with Gasteiger partial charge < -0.3 is 31.2 Å². The number of likely N-dealkylation sites (tertiary alicyclic amines) is 3. The van der Waals surface area contributed by atoms with E-state index in [0.717, 1.165) is 152 Å². The van der Waals surface area contributed by atoms with Crippen molar-refractivity contribution >= 4 is 12.2 Å². The maximum Gasteiger partial charge on any atom is 0.407 e. The lowest BCUT2D eigenvalue weighted by atomic mass is 9.75. The highest BCUT2D eigenvalue weighted by molar-refractivity contribution is 5.68. The molecule has 0 unspecified atom stereocenters. The molecule has 23 heteroatoms. The molecule has 4 aliphatic rings. The number of nitrogens with zero attached hydrogens (tertiary/aromatic N) is 15. The monoisotopic (exact) mass is 1350 g/mol. The van der Waals surface area contributed by atoms with Crippen molar-refractivity contribution in [2.45, 2.75) is 152 Å². The second-order valence-corrected chi connectivity index (χ2v) is 27.9. The molecule has 5 N–H and O–H groups in total. The maximum absolute atomic E-state index is 12.2. The number of carbonyl (C=O) groups excluding carboxylic acids is 2. The van der Waals surface area contributed by atoms with Gasteiger partial charge in [0.2, 0.25) is 0 Å². The minimum atomic E-state index is -0.511. The zero-order valence-electron chi connectivity index (χ0n) is 59.0. The Balaban J connectivity index is 0.000000164. The van der Waals surface area contributed by atoms with Crippen molar-refractivity contribution < 1.29 is 19.1 Å². The lowest BCUT2D eigenvalue weighted by Crippen LogP contribution is -2.49. The van der Waals surface area contributed by atoms with Crippen molar-refractivity contribution in [1.82, 2.24) is 80.5 Å². The molecule has 4 fully saturated rings. The standard InChI is InChI=1S/C22H30N4O2.C17H22N4.C17H18N4.C15H24N4O2.C6H5N3/c1-21(2,3)28-20(27)25-17-22(19-15-23-11-12-24-19)9-13-26(14-10-22)16-18-7-5-4-6-8-18;2*18-14-17(16-12-19-8-9-20-16)6-10-21(11-7-17)13-15-4-2-1-3-5-15;1-14(2,3)21-13(20)19-11-15(4-6-16-7-5-15)12-10-17-8-9-18-12;7-2-1-6-5-8-3-4-9-6/h4-8,11-12,15H,9-10,13-14,16-17H2,1-3H3,(H,25,27);1-5,8-9,12H,6-7,10-11,13-14,18H2;1-5,8-9,12H,6-7,10-11,13H2;8-10,16H,4-7,11H2,1-3H3,(H,19,20);3-5H,1H2. The van der Waals surface area contributed by atoms with Crippen molar-refractivity contribution in [3.63, 3.8) is 0 Å². The molecular formula is C77H99N19O4. The van der Waals surface area contributed by atoms with Crippen LogP contribution in [0.2, 0.25) is 0 Å². The van der Waals surface area contributed by atoms with Gasteiger partial charge in [0, 0.05) is 155 Å². The SMILES string of the molecule is CC(C)(C)OC(=O)NCC1(c2cnccn2)CCN(Cc2ccccc2)CC1.CC(C)(C)OC(=O)NCC1(c2cnccn2)CCNCC1.N#CC1(c2cnccn2)CCN(Cc2ccccc2)CC1.N#CCc1cnccn1.NCC1(c2cnccn2)CCN(Cc2ccccc2)CC1. The summed E-state index contributed by atoms with van der Waals surface area (Å²) < 4.78 is 10.7. The van der Waals surface area contributed by atoms with Gasteiger partial charge >= 0.3 is 12.2 Å². The number of nitriles is 2. The number of carbonyl (C=O) groups is 2. The Morgan fingerprint density at radius 3 is 1.14 bits per heavy atom. The van der Waals surface area contributed by atoms with Gasteiger partial charge in [-0.1, -0.05) is 91.0 Å². The number of hydrogen-bond acceptors (Lipinski definition) is 21. The molecule has 0 bridgehead atoms. The van der Waals surface area contributed by atoms with Gasteiger partial charge in [0.1, 0.15) is 16.6 Å². The Bertz CT molecular complexity index is 3710. The van der Waals surface area contributed by atoms with Crippen molar-refractivity contribution in [2.75, 3.05) is 72.0 Å². The first-order chi connectivity index (χ1) is 48.4. The second kappa shape index (κ2) is 38.1. The first-order valence-corrected chi connectivity index (χ1v) is 34.6. The van der Waals surface area contributed by atoms with Gasteiger partial charge in [-0.15, -0.1) is 0 Å². The fraction of sp³-hybridized carbons (Fsp3) is 0.455. The van der Waals surface area contributed by atoms with E-state index in [1.807, 2.05) is 72.1 Å². The molecule has 12 rings (SSSR count). The number of amides is 2. The third kappa shape index (κ3) is 24.1. The van der Waals surface area contributed by atoms with Gasteiger partial charge in [0.25, 0.3) is 0 Å². The Morgan fingerprint density at radius 2 is 0.810 bits per heavy atom. The molecule has 23 nitrogen and oxygen atoms in total.